The molecular weight excluding hydrogens is 140 g/mol. The molecular formula is C9H14O2. The molecule has 0 unspecified atom stereocenters. The molecule has 2 aliphatic carbocycles. The van der Waals surface area contributed by atoms with Crippen molar-refractivity contribution < 1.29 is 9.90 Å². The molecule has 2 nitrogen and oxygen atoms in total. The molecule has 0 aromatic heterocycles. The predicted molar refractivity (Wildman–Crippen MR) is 41.3 cm³/mol. The Labute approximate surface area is 66.6 Å². The first-order valence-electron chi connectivity index (χ1n) is 4.30. The lowest BCUT2D eigenvalue weighted by molar-refractivity contribution is -0.144. The smallest absolute Gasteiger partial charge is 0.309 e. The van der Waals surface area contributed by atoms with E-state index in [1.54, 1.807) is 0 Å². The normalized spacial score (nSPS) is 29.5. The fraction of sp³-hybridized carbons (Fsp3) is 0.889. The molecule has 2 heteroatoms. The summed E-state index contributed by atoms with van der Waals surface area (Å²) in [6.45, 7) is 2.20. The van der Waals surface area contributed by atoms with Crippen LogP contribution in [0.1, 0.15) is 39.0 Å². The largest absolute Gasteiger partial charge is 0.481 e. The van der Waals surface area contributed by atoms with Gasteiger partial charge in [-0.05, 0) is 37.5 Å². The molecule has 62 valence electrons. The van der Waals surface area contributed by atoms with Gasteiger partial charge in [0.1, 0.15) is 0 Å². The van der Waals surface area contributed by atoms with Gasteiger partial charge in [0.15, 0.2) is 0 Å². The average molecular weight is 154 g/mol. The third-order valence-electron chi connectivity index (χ3n) is 3.18. The van der Waals surface area contributed by atoms with Crippen LogP contribution in [0, 0.1) is 10.8 Å². The first kappa shape index (κ1) is 7.14. The Morgan fingerprint density at radius 3 is 2.18 bits per heavy atom. The van der Waals surface area contributed by atoms with Gasteiger partial charge in [-0.2, -0.15) is 0 Å². The van der Waals surface area contributed by atoms with Crippen LogP contribution in [-0.2, 0) is 4.79 Å². The van der Waals surface area contributed by atoms with E-state index in [1.165, 1.54) is 12.8 Å². The van der Waals surface area contributed by atoms with E-state index in [4.69, 9.17) is 5.11 Å². The molecule has 2 rings (SSSR count). The van der Waals surface area contributed by atoms with E-state index in [0.717, 1.165) is 19.3 Å². The summed E-state index contributed by atoms with van der Waals surface area (Å²) in [4.78, 5) is 10.8. The van der Waals surface area contributed by atoms with Gasteiger partial charge in [-0.25, -0.2) is 0 Å². The lowest BCUT2D eigenvalue weighted by Crippen LogP contribution is -2.18. The molecule has 2 saturated carbocycles. The Hall–Kier alpha value is -0.530. The maximum atomic E-state index is 10.8. The van der Waals surface area contributed by atoms with Gasteiger partial charge < -0.3 is 5.11 Å². The van der Waals surface area contributed by atoms with E-state index in [2.05, 4.69) is 6.92 Å². The number of carboxylic acid groups (broad SMARTS) is 1. The molecule has 0 heterocycles. The number of hydrogen-bond acceptors (Lipinski definition) is 1. The van der Waals surface area contributed by atoms with E-state index in [0.29, 0.717) is 5.41 Å². The highest BCUT2D eigenvalue weighted by molar-refractivity contribution is 5.77. The van der Waals surface area contributed by atoms with Crippen LogP contribution in [0.3, 0.4) is 0 Å². The fourth-order valence-corrected chi connectivity index (χ4v) is 1.82. The zero-order valence-corrected chi connectivity index (χ0v) is 6.89. The van der Waals surface area contributed by atoms with Crippen LogP contribution in [0.5, 0.6) is 0 Å². The SMILES string of the molecule is CC1(CC2(C(=O)O)CC2)CC1. The Morgan fingerprint density at radius 1 is 1.36 bits per heavy atom. The summed E-state index contributed by atoms with van der Waals surface area (Å²) in [7, 11) is 0. The van der Waals surface area contributed by atoms with Crippen molar-refractivity contribution in [2.45, 2.75) is 39.0 Å². The van der Waals surface area contributed by atoms with E-state index >= 15 is 0 Å². The second-order valence-electron chi connectivity index (χ2n) is 4.57. The Morgan fingerprint density at radius 2 is 1.91 bits per heavy atom. The lowest BCUT2D eigenvalue weighted by atomic mass is 9.91. The highest BCUT2D eigenvalue weighted by Gasteiger charge is 2.56. The third-order valence-corrected chi connectivity index (χ3v) is 3.18. The summed E-state index contributed by atoms with van der Waals surface area (Å²) >= 11 is 0. The molecule has 0 aromatic carbocycles. The predicted octanol–water partition coefficient (Wildman–Crippen LogP) is 2.04. The summed E-state index contributed by atoms with van der Waals surface area (Å²) in [6.07, 6.45) is 5.23. The maximum Gasteiger partial charge on any atom is 0.309 e. The summed E-state index contributed by atoms with van der Waals surface area (Å²) in [5.41, 5.74) is 0.111. The van der Waals surface area contributed by atoms with Crippen molar-refractivity contribution in [3.05, 3.63) is 0 Å². The Bertz CT molecular complexity index is 200. The standard InChI is InChI=1S/C9H14O2/c1-8(2-3-8)6-9(4-5-9)7(10)11/h2-6H2,1H3,(H,10,11). The molecule has 0 radical (unpaired) electrons. The van der Waals surface area contributed by atoms with E-state index < -0.39 is 5.97 Å². The minimum atomic E-state index is -0.564. The number of rotatable bonds is 3. The van der Waals surface area contributed by atoms with Crippen LogP contribution in [0.15, 0.2) is 0 Å². The third kappa shape index (κ3) is 1.15. The minimum Gasteiger partial charge on any atom is -0.481 e. The van der Waals surface area contributed by atoms with Crippen LogP contribution < -0.4 is 0 Å². The summed E-state index contributed by atoms with van der Waals surface area (Å²) < 4.78 is 0. The van der Waals surface area contributed by atoms with Gasteiger partial charge in [-0.15, -0.1) is 0 Å². The van der Waals surface area contributed by atoms with Gasteiger partial charge in [-0.1, -0.05) is 6.92 Å². The quantitative estimate of drug-likeness (QED) is 0.675. The molecule has 0 spiro atoms. The van der Waals surface area contributed by atoms with Crippen molar-refractivity contribution >= 4 is 5.97 Å². The number of aliphatic carboxylic acids is 1. The second kappa shape index (κ2) is 1.79. The van der Waals surface area contributed by atoms with E-state index in [1.807, 2.05) is 0 Å². The van der Waals surface area contributed by atoms with E-state index in [9.17, 15) is 4.79 Å². The molecule has 0 aromatic rings. The van der Waals surface area contributed by atoms with Crippen molar-refractivity contribution in [1.29, 1.82) is 0 Å². The lowest BCUT2D eigenvalue weighted by Gasteiger charge is -2.14. The molecule has 2 aliphatic rings. The van der Waals surface area contributed by atoms with Crippen molar-refractivity contribution in [3.8, 4) is 0 Å². The van der Waals surface area contributed by atoms with Crippen LogP contribution in [-0.4, -0.2) is 11.1 Å². The first-order chi connectivity index (χ1) is 5.06. The topological polar surface area (TPSA) is 37.3 Å². The molecule has 0 amide bonds. The summed E-state index contributed by atoms with van der Waals surface area (Å²) in [6, 6.07) is 0. The maximum absolute atomic E-state index is 10.8. The first-order valence-corrected chi connectivity index (χ1v) is 4.30. The van der Waals surface area contributed by atoms with Crippen molar-refractivity contribution in [2.75, 3.05) is 0 Å². The van der Waals surface area contributed by atoms with Gasteiger partial charge in [0, 0.05) is 0 Å². The van der Waals surface area contributed by atoms with Crippen LogP contribution in [0.2, 0.25) is 0 Å². The van der Waals surface area contributed by atoms with E-state index in [-0.39, 0.29) is 5.41 Å². The van der Waals surface area contributed by atoms with Crippen LogP contribution >= 0.6 is 0 Å². The molecule has 0 bridgehead atoms. The zero-order chi connectivity index (χ0) is 8.11. The highest BCUT2D eigenvalue weighted by atomic mass is 16.4. The Kier molecular flexibility index (Phi) is 1.16. The summed E-state index contributed by atoms with van der Waals surface area (Å²) in [5.74, 6) is -0.564. The van der Waals surface area contributed by atoms with Gasteiger partial charge >= 0.3 is 5.97 Å². The minimum absolute atomic E-state index is 0.286. The highest BCUT2D eigenvalue weighted by Crippen LogP contribution is 2.61. The molecule has 0 saturated heterocycles. The number of carboxylic acids is 1. The van der Waals surface area contributed by atoms with Crippen molar-refractivity contribution in [2.24, 2.45) is 10.8 Å². The average Bonchev–Trinajstić information content (AvgIpc) is 2.74. The van der Waals surface area contributed by atoms with Gasteiger partial charge in [0.2, 0.25) is 0 Å². The summed E-state index contributed by atoms with van der Waals surface area (Å²) in [5, 5.41) is 8.89. The number of carbonyl (C=O) groups is 1. The Balaban J connectivity index is 1.99. The molecule has 11 heavy (non-hydrogen) atoms. The van der Waals surface area contributed by atoms with Gasteiger partial charge in [0.25, 0.3) is 0 Å². The number of hydrogen-bond donors (Lipinski definition) is 1. The second-order valence-corrected chi connectivity index (χ2v) is 4.57. The van der Waals surface area contributed by atoms with Gasteiger partial charge in [0.05, 0.1) is 5.41 Å². The fourth-order valence-electron chi connectivity index (χ4n) is 1.82. The van der Waals surface area contributed by atoms with Crippen molar-refractivity contribution in [1.82, 2.24) is 0 Å². The van der Waals surface area contributed by atoms with Crippen LogP contribution in [0.25, 0.3) is 0 Å². The van der Waals surface area contributed by atoms with Gasteiger partial charge in [-0.3, -0.25) is 4.79 Å². The van der Waals surface area contributed by atoms with Crippen molar-refractivity contribution in [3.63, 3.8) is 0 Å². The molecule has 0 atom stereocenters. The molecule has 2 fully saturated rings. The monoisotopic (exact) mass is 154 g/mol. The van der Waals surface area contributed by atoms with Crippen LogP contribution in [0.4, 0.5) is 0 Å². The molecule has 0 aliphatic heterocycles. The molecule has 1 N–H and O–H groups in total. The zero-order valence-electron chi connectivity index (χ0n) is 6.89.